The molecule has 9 nitrogen and oxygen atoms in total. The summed E-state index contributed by atoms with van der Waals surface area (Å²) in [6.07, 6.45) is 0. The lowest BCUT2D eigenvalue weighted by Gasteiger charge is -2.25. The standard InChI is InChI=1S/C22H11NO3.C21H8INO3.C19H17N.C2H6/c1-10-8-15-19-16(9-10)22(26)14-7-3-5-12-18(14)23(19)17-11(20(12)24)4-2-6-13(17)21(15)25;22-9-7-14-18-15(8-9)21(26)13-6-2-4-11-17(13)23(18)16-10(19(11)24)3-1-5-12(16)20(14)25;1-16-12-14-19(15-13-16)20(17-8-4-2-5-9-17)18-10-6-3-7-11-18;1-2/h2-9H,1H3;1-8H;2-15H,1H3;1-2H3. The number of halogens is 1. The van der Waals surface area contributed by atoms with Gasteiger partial charge in [-0.1, -0.05) is 92.2 Å². The van der Waals surface area contributed by atoms with Gasteiger partial charge in [-0.15, -0.1) is 0 Å². The average molecular weight is 1080 g/mol. The summed E-state index contributed by atoms with van der Waals surface area (Å²) >= 11 is 2.13. The molecule has 0 unspecified atom stereocenters. The smallest absolute Gasteiger partial charge is 0.197 e. The predicted molar refractivity (Wildman–Crippen MR) is 314 cm³/mol. The number of anilines is 3. The lowest BCUT2D eigenvalue weighted by Crippen LogP contribution is -2.19. The van der Waals surface area contributed by atoms with Crippen LogP contribution in [0.3, 0.4) is 0 Å². The lowest BCUT2D eigenvalue weighted by molar-refractivity contribution is 1.27. The number of nitrogens with zero attached hydrogens (tertiary/aromatic N) is 3. The van der Waals surface area contributed by atoms with Crippen molar-refractivity contribution in [3.8, 4) is 0 Å². The fourth-order valence-corrected chi connectivity index (χ4v) is 11.6. The quantitative estimate of drug-likeness (QED) is 0.0983. The van der Waals surface area contributed by atoms with Gasteiger partial charge in [0.15, 0.2) is 32.6 Å². The van der Waals surface area contributed by atoms with E-state index >= 15 is 0 Å². The fourth-order valence-electron chi connectivity index (χ4n) is 11.0. The van der Waals surface area contributed by atoms with Gasteiger partial charge in [-0.2, -0.15) is 0 Å². The van der Waals surface area contributed by atoms with Crippen LogP contribution in [-0.2, 0) is 0 Å². The fraction of sp³-hybridized carbons (Fsp3) is 0.0625. The molecular weight excluding hydrogens is 1030 g/mol. The number of aromatic nitrogens is 2. The van der Waals surface area contributed by atoms with Gasteiger partial charge >= 0.3 is 0 Å². The molecule has 0 saturated carbocycles. The zero-order valence-electron chi connectivity index (χ0n) is 40.5. The highest BCUT2D eigenvalue weighted by atomic mass is 127. The van der Waals surface area contributed by atoms with Crippen molar-refractivity contribution in [1.29, 1.82) is 0 Å². The third-order valence-electron chi connectivity index (χ3n) is 14.1. The average Bonchev–Trinajstić information content (AvgIpc) is 3.44. The molecular formula is C64H42IN3O6. The first-order valence-corrected chi connectivity index (χ1v) is 25.4. The van der Waals surface area contributed by atoms with Gasteiger partial charge in [-0.3, -0.25) is 28.8 Å². The molecule has 0 atom stereocenters. The Bertz CT molecular complexity index is 4490. The molecule has 74 heavy (non-hydrogen) atoms. The maximum absolute atomic E-state index is 13.1. The Hall–Kier alpha value is -8.87. The first-order chi connectivity index (χ1) is 36.0. The lowest BCUT2D eigenvalue weighted by atomic mass is 9.97. The highest BCUT2D eigenvalue weighted by Gasteiger charge is 2.25. The minimum atomic E-state index is -0.145. The summed E-state index contributed by atoms with van der Waals surface area (Å²) in [4.78, 5) is 80.9. The Balaban J connectivity index is 0.000000112. The summed E-state index contributed by atoms with van der Waals surface area (Å²) in [7, 11) is 0. The third-order valence-corrected chi connectivity index (χ3v) is 14.7. The molecule has 15 aromatic rings. The number of benzene rings is 9. The second-order valence-corrected chi connectivity index (χ2v) is 19.6. The van der Waals surface area contributed by atoms with Crippen molar-refractivity contribution < 1.29 is 0 Å². The van der Waals surface area contributed by atoms with E-state index in [-0.39, 0.29) is 32.6 Å². The van der Waals surface area contributed by atoms with E-state index in [1.54, 1.807) is 72.8 Å². The first-order valence-electron chi connectivity index (χ1n) is 24.4. The molecule has 0 radical (unpaired) electrons. The summed E-state index contributed by atoms with van der Waals surface area (Å²) in [5.74, 6) is 0. The molecule has 0 N–H and O–H groups in total. The van der Waals surface area contributed by atoms with Gasteiger partial charge in [0.2, 0.25) is 0 Å². The molecule has 0 saturated heterocycles. The van der Waals surface area contributed by atoms with E-state index in [1.807, 2.05) is 66.0 Å². The van der Waals surface area contributed by atoms with Crippen LogP contribution in [0.5, 0.6) is 0 Å². The molecule has 0 aliphatic carbocycles. The number of aryl methyl sites for hydroxylation is 2. The maximum atomic E-state index is 13.1. The number of pyridine rings is 6. The van der Waals surface area contributed by atoms with Crippen LogP contribution in [0.1, 0.15) is 25.0 Å². The van der Waals surface area contributed by atoms with Gasteiger partial charge in [0.05, 0.1) is 33.1 Å². The van der Waals surface area contributed by atoms with Gasteiger partial charge in [0.1, 0.15) is 0 Å². The minimum absolute atomic E-state index is 0.138. The van der Waals surface area contributed by atoms with Crippen LogP contribution in [0, 0.1) is 17.4 Å². The van der Waals surface area contributed by atoms with Gasteiger partial charge in [-0.05, 0) is 151 Å². The van der Waals surface area contributed by atoms with Gasteiger partial charge in [0, 0.05) is 85.3 Å². The summed E-state index contributed by atoms with van der Waals surface area (Å²) in [6.45, 7) is 7.99. The second kappa shape index (κ2) is 17.7. The van der Waals surface area contributed by atoms with Crippen molar-refractivity contribution >= 4 is 137 Å². The number of hydrogen-bond donors (Lipinski definition) is 0. The molecule has 6 aromatic heterocycles. The molecule has 0 aliphatic rings. The van der Waals surface area contributed by atoms with Crippen LogP contribution >= 0.6 is 22.6 Å². The summed E-state index contributed by atoms with van der Waals surface area (Å²) < 4.78 is 4.73. The van der Waals surface area contributed by atoms with Crippen molar-refractivity contribution in [3.05, 3.63) is 258 Å². The molecule has 10 heteroatoms. The van der Waals surface area contributed by atoms with Crippen molar-refractivity contribution in [2.75, 3.05) is 4.90 Å². The Kier molecular flexibility index (Phi) is 11.1. The largest absolute Gasteiger partial charge is 0.311 e. The van der Waals surface area contributed by atoms with Crippen LogP contribution in [0.15, 0.2) is 211 Å². The van der Waals surface area contributed by atoms with Crippen LogP contribution in [0.25, 0.3) is 97.7 Å². The van der Waals surface area contributed by atoms with Gasteiger partial charge in [-0.25, -0.2) is 0 Å². The summed E-state index contributed by atoms with van der Waals surface area (Å²) in [6, 6.07) is 57.8. The maximum Gasteiger partial charge on any atom is 0.197 e. The Morgan fingerprint density at radius 2 is 0.554 bits per heavy atom. The Morgan fingerprint density at radius 1 is 0.297 bits per heavy atom. The Morgan fingerprint density at radius 3 is 0.865 bits per heavy atom. The normalized spacial score (nSPS) is 11.6. The topological polar surface area (TPSA) is 114 Å². The molecule has 0 bridgehead atoms. The Labute approximate surface area is 434 Å². The summed E-state index contributed by atoms with van der Waals surface area (Å²) in [5, 5.41) is 6.12. The third kappa shape index (κ3) is 6.81. The van der Waals surface area contributed by atoms with Gasteiger partial charge in [0.25, 0.3) is 0 Å². The summed E-state index contributed by atoms with van der Waals surface area (Å²) in [5.41, 5.74) is 8.43. The molecule has 9 aromatic carbocycles. The van der Waals surface area contributed by atoms with Gasteiger partial charge < -0.3 is 13.7 Å². The molecule has 6 heterocycles. The zero-order valence-corrected chi connectivity index (χ0v) is 42.6. The second-order valence-electron chi connectivity index (χ2n) is 18.4. The van der Waals surface area contributed by atoms with E-state index in [1.165, 1.54) is 22.6 Å². The van der Waals surface area contributed by atoms with Crippen molar-refractivity contribution in [2.45, 2.75) is 27.7 Å². The van der Waals surface area contributed by atoms with Crippen LogP contribution in [0.2, 0.25) is 0 Å². The van der Waals surface area contributed by atoms with Crippen molar-refractivity contribution in [3.63, 3.8) is 0 Å². The SMILES string of the molecule is CC.Cc1cc2c(=O)c3cccc4c(=O)c5cccc6c(=O)c(c1)c2n(c43)c56.Cc1ccc(N(c2ccccc2)c2ccccc2)cc1.O=c1c2cccc3c(=O)c4cc(I)cc5c(=O)c6cccc1c6n(c23)c45. The number of rotatable bonds is 3. The number of hydrogen-bond acceptors (Lipinski definition) is 7. The zero-order chi connectivity index (χ0) is 51.3. The van der Waals surface area contributed by atoms with Crippen LogP contribution < -0.4 is 37.5 Å². The molecule has 0 fully saturated rings. The predicted octanol–water partition coefficient (Wildman–Crippen LogP) is 13.3. The van der Waals surface area contributed by atoms with E-state index in [2.05, 4.69) is 107 Å². The minimum Gasteiger partial charge on any atom is -0.311 e. The molecule has 0 aliphatic heterocycles. The molecule has 356 valence electrons. The van der Waals surface area contributed by atoms with Crippen molar-refractivity contribution in [2.24, 2.45) is 0 Å². The van der Waals surface area contributed by atoms with E-state index < -0.39 is 0 Å². The van der Waals surface area contributed by atoms with Crippen molar-refractivity contribution in [1.82, 2.24) is 8.80 Å². The first kappa shape index (κ1) is 46.2. The van der Waals surface area contributed by atoms with Crippen LogP contribution in [-0.4, -0.2) is 8.80 Å². The molecule has 15 rings (SSSR count). The van der Waals surface area contributed by atoms with Crippen LogP contribution in [0.4, 0.5) is 17.1 Å². The highest BCUT2D eigenvalue weighted by molar-refractivity contribution is 14.1. The monoisotopic (exact) mass is 1080 g/mol. The molecule has 0 spiro atoms. The van der Waals surface area contributed by atoms with E-state index in [9.17, 15) is 28.8 Å². The van der Waals surface area contributed by atoms with E-state index in [4.69, 9.17) is 0 Å². The van der Waals surface area contributed by atoms with E-state index in [0.29, 0.717) is 97.7 Å². The molecule has 0 amide bonds. The van der Waals surface area contributed by atoms with E-state index in [0.717, 1.165) is 9.13 Å². The highest BCUT2D eigenvalue weighted by Crippen LogP contribution is 2.36. The number of para-hydroxylation sites is 6.